The first-order valence-electron chi connectivity index (χ1n) is 11.0. The molecule has 3 amide bonds. The van der Waals surface area contributed by atoms with Crippen LogP contribution in [-0.4, -0.2) is 34.8 Å². The van der Waals surface area contributed by atoms with Crippen molar-refractivity contribution in [1.82, 2.24) is 9.80 Å². The van der Waals surface area contributed by atoms with Gasteiger partial charge in [0, 0.05) is 22.8 Å². The number of amides is 3. The summed E-state index contributed by atoms with van der Waals surface area (Å²) in [5.74, 6) is -0.527. The molecule has 0 radical (unpaired) electrons. The highest BCUT2D eigenvalue weighted by Crippen LogP contribution is 2.19. The van der Waals surface area contributed by atoms with Gasteiger partial charge in [0.25, 0.3) is 0 Å². The number of rotatable bonds is 9. The number of urea groups is 1. The van der Waals surface area contributed by atoms with E-state index in [9.17, 15) is 14.0 Å². The van der Waals surface area contributed by atoms with Gasteiger partial charge in [-0.2, -0.15) is 0 Å². The van der Waals surface area contributed by atoms with E-state index < -0.39 is 11.8 Å². The van der Waals surface area contributed by atoms with Crippen molar-refractivity contribution in [1.29, 1.82) is 0 Å². The van der Waals surface area contributed by atoms with Gasteiger partial charge in [-0.15, -0.1) is 11.3 Å². The maximum atomic E-state index is 14.0. The number of hydrogen-bond acceptors (Lipinski definition) is 3. The Labute approximate surface area is 198 Å². The highest BCUT2D eigenvalue weighted by atomic mass is 32.1. The number of anilines is 1. The molecular formula is C26H30FN3O2S. The SMILES string of the molecule is Cc1ccc(CN(Cc2ccccc2)C(=O)CN(CC(C)C)C(=O)Nc2ccccc2F)s1. The number of halogens is 1. The van der Waals surface area contributed by atoms with Gasteiger partial charge in [0.15, 0.2) is 0 Å². The number of carbonyl (C=O) groups excluding carboxylic acids is 2. The van der Waals surface area contributed by atoms with E-state index in [2.05, 4.69) is 5.32 Å². The molecule has 3 rings (SSSR count). The monoisotopic (exact) mass is 467 g/mol. The summed E-state index contributed by atoms with van der Waals surface area (Å²) in [5, 5.41) is 2.61. The van der Waals surface area contributed by atoms with E-state index in [0.717, 1.165) is 10.4 Å². The van der Waals surface area contributed by atoms with E-state index >= 15 is 0 Å². The van der Waals surface area contributed by atoms with Crippen molar-refractivity contribution in [3.8, 4) is 0 Å². The molecule has 1 heterocycles. The van der Waals surface area contributed by atoms with Gasteiger partial charge in [-0.3, -0.25) is 4.79 Å². The zero-order valence-electron chi connectivity index (χ0n) is 19.3. The van der Waals surface area contributed by atoms with Crippen LogP contribution in [0.2, 0.25) is 0 Å². The fourth-order valence-electron chi connectivity index (χ4n) is 3.47. The fraction of sp³-hybridized carbons (Fsp3) is 0.308. The minimum atomic E-state index is -0.513. The quantitative estimate of drug-likeness (QED) is 0.425. The average molecular weight is 468 g/mol. The van der Waals surface area contributed by atoms with Crippen LogP contribution < -0.4 is 5.32 Å². The van der Waals surface area contributed by atoms with Crippen molar-refractivity contribution in [3.05, 3.63) is 87.9 Å². The van der Waals surface area contributed by atoms with Gasteiger partial charge in [-0.1, -0.05) is 56.3 Å². The molecule has 0 bridgehead atoms. The van der Waals surface area contributed by atoms with E-state index in [1.165, 1.54) is 21.9 Å². The maximum absolute atomic E-state index is 14.0. The number of nitrogens with zero attached hydrogens (tertiary/aromatic N) is 2. The van der Waals surface area contributed by atoms with Gasteiger partial charge in [-0.05, 0) is 42.7 Å². The Balaban J connectivity index is 1.77. The average Bonchev–Trinajstić information content (AvgIpc) is 3.19. The van der Waals surface area contributed by atoms with Gasteiger partial charge in [-0.25, -0.2) is 9.18 Å². The standard InChI is InChI=1S/C26H30FN3O2S/c1-19(2)15-30(26(32)28-24-12-8-7-11-23(24)27)18-25(31)29(16-21-9-5-4-6-10-21)17-22-14-13-20(3)33-22/h4-14,19H,15-18H2,1-3H3,(H,28,32). The highest BCUT2D eigenvalue weighted by molar-refractivity contribution is 7.11. The summed E-state index contributed by atoms with van der Waals surface area (Å²) in [5.41, 5.74) is 1.12. The van der Waals surface area contributed by atoms with Crippen molar-refractivity contribution in [2.75, 3.05) is 18.4 Å². The Kier molecular flexibility index (Phi) is 8.60. The Morgan fingerprint density at radius 1 is 0.939 bits per heavy atom. The van der Waals surface area contributed by atoms with Crippen LogP contribution in [0.1, 0.15) is 29.2 Å². The number of carbonyl (C=O) groups is 2. The van der Waals surface area contributed by atoms with E-state index in [4.69, 9.17) is 0 Å². The molecule has 0 fully saturated rings. The molecule has 0 aliphatic rings. The second-order valence-electron chi connectivity index (χ2n) is 8.43. The van der Waals surface area contributed by atoms with Crippen LogP contribution in [0.25, 0.3) is 0 Å². The number of thiophene rings is 1. The molecule has 2 aromatic carbocycles. The molecule has 1 N–H and O–H groups in total. The lowest BCUT2D eigenvalue weighted by molar-refractivity contribution is -0.133. The van der Waals surface area contributed by atoms with Crippen molar-refractivity contribution in [2.24, 2.45) is 5.92 Å². The van der Waals surface area contributed by atoms with Crippen LogP contribution in [0.3, 0.4) is 0 Å². The van der Waals surface area contributed by atoms with Crippen LogP contribution in [0.5, 0.6) is 0 Å². The summed E-state index contributed by atoms with van der Waals surface area (Å²) in [7, 11) is 0. The topological polar surface area (TPSA) is 52.7 Å². The normalized spacial score (nSPS) is 10.8. The van der Waals surface area contributed by atoms with Gasteiger partial charge >= 0.3 is 6.03 Å². The molecule has 33 heavy (non-hydrogen) atoms. The van der Waals surface area contributed by atoms with Crippen LogP contribution in [0.4, 0.5) is 14.9 Å². The predicted octanol–water partition coefficient (Wildman–Crippen LogP) is 5.91. The lowest BCUT2D eigenvalue weighted by Gasteiger charge is -2.29. The van der Waals surface area contributed by atoms with E-state index in [-0.39, 0.29) is 24.1 Å². The molecule has 0 atom stereocenters. The highest BCUT2D eigenvalue weighted by Gasteiger charge is 2.23. The lowest BCUT2D eigenvalue weighted by Crippen LogP contribution is -2.45. The first-order valence-corrected chi connectivity index (χ1v) is 11.8. The fourth-order valence-corrected chi connectivity index (χ4v) is 4.38. The largest absolute Gasteiger partial charge is 0.332 e. The smallest absolute Gasteiger partial charge is 0.322 e. The van der Waals surface area contributed by atoms with Crippen molar-refractivity contribution in [2.45, 2.75) is 33.9 Å². The first-order chi connectivity index (χ1) is 15.8. The molecule has 0 aliphatic carbocycles. The van der Waals surface area contributed by atoms with E-state index in [0.29, 0.717) is 19.6 Å². The number of hydrogen-bond donors (Lipinski definition) is 1. The minimum absolute atomic E-state index is 0.0876. The Morgan fingerprint density at radius 2 is 1.64 bits per heavy atom. The van der Waals surface area contributed by atoms with Crippen molar-refractivity contribution >= 4 is 29.0 Å². The summed E-state index contributed by atoms with van der Waals surface area (Å²) in [6.45, 7) is 7.19. The van der Waals surface area contributed by atoms with Crippen molar-refractivity contribution in [3.63, 3.8) is 0 Å². The Bertz CT molecular complexity index is 1070. The number of nitrogens with one attached hydrogen (secondary N) is 1. The van der Waals surface area contributed by atoms with E-state index in [1.54, 1.807) is 28.4 Å². The zero-order valence-corrected chi connectivity index (χ0v) is 20.1. The van der Waals surface area contributed by atoms with Crippen LogP contribution in [0.15, 0.2) is 66.7 Å². The summed E-state index contributed by atoms with van der Waals surface area (Å²) in [6.07, 6.45) is 0. The predicted molar refractivity (Wildman–Crippen MR) is 132 cm³/mol. The lowest BCUT2D eigenvalue weighted by atomic mass is 10.2. The molecule has 0 unspecified atom stereocenters. The molecule has 7 heteroatoms. The second kappa shape index (κ2) is 11.6. The maximum Gasteiger partial charge on any atom is 0.322 e. The Morgan fingerprint density at radius 3 is 2.27 bits per heavy atom. The molecule has 1 aromatic heterocycles. The summed E-state index contributed by atoms with van der Waals surface area (Å²) < 4.78 is 14.0. The molecular weight excluding hydrogens is 437 g/mol. The molecule has 5 nitrogen and oxygen atoms in total. The summed E-state index contributed by atoms with van der Waals surface area (Å²) >= 11 is 1.65. The van der Waals surface area contributed by atoms with Gasteiger partial charge < -0.3 is 15.1 Å². The second-order valence-corrected chi connectivity index (χ2v) is 9.80. The molecule has 0 saturated carbocycles. The zero-order chi connectivity index (χ0) is 23.8. The number of benzene rings is 2. The number of para-hydroxylation sites is 1. The molecule has 0 spiro atoms. The van der Waals surface area contributed by atoms with E-state index in [1.807, 2.05) is 63.2 Å². The van der Waals surface area contributed by atoms with Gasteiger partial charge in [0.2, 0.25) is 5.91 Å². The third-order valence-electron chi connectivity index (χ3n) is 5.03. The first kappa shape index (κ1) is 24.5. The van der Waals surface area contributed by atoms with Gasteiger partial charge in [0.1, 0.15) is 12.4 Å². The molecule has 0 aliphatic heterocycles. The van der Waals surface area contributed by atoms with Crippen LogP contribution in [-0.2, 0) is 17.9 Å². The molecule has 3 aromatic rings. The van der Waals surface area contributed by atoms with Crippen LogP contribution >= 0.6 is 11.3 Å². The third-order valence-corrected chi connectivity index (χ3v) is 6.01. The summed E-state index contributed by atoms with van der Waals surface area (Å²) in [6, 6.07) is 19.4. The van der Waals surface area contributed by atoms with Gasteiger partial charge in [0.05, 0.1) is 12.2 Å². The van der Waals surface area contributed by atoms with Crippen molar-refractivity contribution < 1.29 is 14.0 Å². The molecule has 174 valence electrons. The van der Waals surface area contributed by atoms with Crippen LogP contribution in [0, 0.1) is 18.7 Å². The number of aryl methyl sites for hydroxylation is 1. The Hall–Kier alpha value is -3.19. The third kappa shape index (κ3) is 7.43. The minimum Gasteiger partial charge on any atom is -0.332 e. The summed E-state index contributed by atoms with van der Waals surface area (Å²) in [4.78, 5) is 31.9. The molecule has 0 saturated heterocycles.